The van der Waals surface area contributed by atoms with Crippen molar-refractivity contribution in [2.24, 2.45) is 11.5 Å². The Morgan fingerprint density at radius 1 is 1.28 bits per heavy atom. The molecule has 1 saturated heterocycles. The Morgan fingerprint density at radius 2 is 1.92 bits per heavy atom. The van der Waals surface area contributed by atoms with Gasteiger partial charge in [0.25, 0.3) is 0 Å². The fourth-order valence-corrected chi connectivity index (χ4v) is 2.41. The van der Waals surface area contributed by atoms with E-state index in [4.69, 9.17) is 16.6 Å². The van der Waals surface area contributed by atoms with Crippen LogP contribution in [0.25, 0.3) is 0 Å². The highest BCUT2D eigenvalue weighted by atomic mass is 16.4. The van der Waals surface area contributed by atoms with Crippen LogP contribution in [-0.4, -0.2) is 70.8 Å². The van der Waals surface area contributed by atoms with Crippen LogP contribution in [-0.2, 0) is 24.0 Å². The summed E-state index contributed by atoms with van der Waals surface area (Å²) in [6.45, 7) is 1.26. The Labute approximate surface area is 144 Å². The quantitative estimate of drug-likeness (QED) is 0.304. The number of carboxylic acids is 1. The number of primary amides is 1. The molecule has 0 saturated carbocycles. The van der Waals surface area contributed by atoms with Crippen molar-refractivity contribution in [2.75, 3.05) is 13.1 Å². The number of nitrogens with zero attached hydrogens (tertiary/aromatic N) is 1. The van der Waals surface area contributed by atoms with E-state index in [1.54, 1.807) is 0 Å². The monoisotopic (exact) mass is 357 g/mol. The van der Waals surface area contributed by atoms with Crippen LogP contribution in [0.15, 0.2) is 0 Å². The van der Waals surface area contributed by atoms with E-state index in [1.807, 2.05) is 0 Å². The lowest BCUT2D eigenvalue weighted by molar-refractivity contribution is -0.143. The summed E-state index contributed by atoms with van der Waals surface area (Å²) in [6, 6.07) is -3.01. The maximum Gasteiger partial charge on any atom is 0.325 e. The van der Waals surface area contributed by atoms with Crippen molar-refractivity contribution in [3.8, 4) is 0 Å². The zero-order chi connectivity index (χ0) is 19.1. The first kappa shape index (κ1) is 20.4. The summed E-state index contributed by atoms with van der Waals surface area (Å²) < 4.78 is 0. The lowest BCUT2D eigenvalue weighted by Crippen LogP contribution is -2.52. The number of carbonyl (C=O) groups is 5. The molecule has 11 nitrogen and oxygen atoms in total. The first-order chi connectivity index (χ1) is 11.6. The van der Waals surface area contributed by atoms with Crippen LogP contribution in [0.4, 0.5) is 0 Å². The molecule has 7 N–H and O–H groups in total. The minimum absolute atomic E-state index is 0.321. The van der Waals surface area contributed by atoms with Gasteiger partial charge in [-0.3, -0.25) is 24.0 Å². The van der Waals surface area contributed by atoms with Gasteiger partial charge in [0.05, 0.1) is 19.0 Å². The predicted octanol–water partition coefficient (Wildman–Crippen LogP) is -3.11. The molecule has 1 rings (SSSR count). The first-order valence-corrected chi connectivity index (χ1v) is 7.77. The molecule has 11 heteroatoms. The Hall–Kier alpha value is -2.69. The highest BCUT2D eigenvalue weighted by Gasteiger charge is 2.35. The first-order valence-electron chi connectivity index (χ1n) is 7.77. The van der Waals surface area contributed by atoms with Crippen molar-refractivity contribution in [1.82, 2.24) is 15.5 Å². The van der Waals surface area contributed by atoms with E-state index in [1.165, 1.54) is 11.8 Å². The van der Waals surface area contributed by atoms with Crippen LogP contribution in [0.1, 0.15) is 26.2 Å². The van der Waals surface area contributed by atoms with E-state index in [2.05, 4.69) is 10.6 Å². The fraction of sp³-hybridized carbons (Fsp3) is 0.643. The number of carbonyl (C=O) groups excluding carboxylic acids is 4. The van der Waals surface area contributed by atoms with Crippen molar-refractivity contribution < 1.29 is 29.1 Å². The standard InChI is InChI=1S/C14H23N5O6/c1-7(14(24)25)18-13(23)9-3-2-4-19(9)11(21)6-17-12(22)8(15)5-10(16)20/h7-9H,2-6,15H2,1H3,(H2,16,20)(H,17,22)(H,18,23)(H,24,25). The molecule has 0 aromatic carbocycles. The molecule has 0 spiro atoms. The number of carboxylic acid groups (broad SMARTS) is 1. The average molecular weight is 357 g/mol. The molecule has 1 heterocycles. The summed E-state index contributed by atoms with van der Waals surface area (Å²) in [7, 11) is 0. The topological polar surface area (TPSA) is 185 Å². The van der Waals surface area contributed by atoms with Gasteiger partial charge in [0.1, 0.15) is 12.1 Å². The van der Waals surface area contributed by atoms with Crippen LogP contribution >= 0.6 is 0 Å². The number of amides is 4. The summed E-state index contributed by atoms with van der Waals surface area (Å²) in [4.78, 5) is 58.8. The molecule has 0 aromatic heterocycles. The highest BCUT2D eigenvalue weighted by molar-refractivity contribution is 5.93. The Kier molecular flexibility index (Phi) is 7.30. The molecule has 140 valence electrons. The third-order valence-corrected chi connectivity index (χ3v) is 3.78. The maximum absolute atomic E-state index is 12.2. The van der Waals surface area contributed by atoms with Gasteiger partial charge in [-0.15, -0.1) is 0 Å². The summed E-state index contributed by atoms with van der Waals surface area (Å²) >= 11 is 0. The molecule has 4 amide bonds. The highest BCUT2D eigenvalue weighted by Crippen LogP contribution is 2.17. The van der Waals surface area contributed by atoms with E-state index in [0.29, 0.717) is 19.4 Å². The lowest BCUT2D eigenvalue weighted by atomic mass is 10.2. The molecule has 3 atom stereocenters. The number of aliphatic carboxylic acids is 1. The molecule has 0 radical (unpaired) electrons. The number of rotatable bonds is 8. The third-order valence-electron chi connectivity index (χ3n) is 3.78. The van der Waals surface area contributed by atoms with Crippen LogP contribution in [0.3, 0.4) is 0 Å². The van der Waals surface area contributed by atoms with Crippen LogP contribution in [0, 0.1) is 0 Å². The maximum atomic E-state index is 12.2. The van der Waals surface area contributed by atoms with Crippen LogP contribution in [0.2, 0.25) is 0 Å². The molecule has 0 bridgehead atoms. The SMILES string of the molecule is CC(NC(=O)C1CCCN1C(=O)CNC(=O)C(N)CC(N)=O)C(=O)O. The Balaban J connectivity index is 2.56. The lowest BCUT2D eigenvalue weighted by Gasteiger charge is -2.25. The van der Waals surface area contributed by atoms with E-state index in [-0.39, 0.29) is 13.0 Å². The largest absolute Gasteiger partial charge is 0.480 e. The zero-order valence-corrected chi connectivity index (χ0v) is 13.9. The molecule has 1 aliphatic rings. The third kappa shape index (κ3) is 6.03. The average Bonchev–Trinajstić information content (AvgIpc) is 3.00. The molecule has 1 fully saturated rings. The van der Waals surface area contributed by atoms with E-state index < -0.39 is 47.7 Å². The molecular formula is C14H23N5O6. The second kappa shape index (κ2) is 8.97. The number of nitrogens with one attached hydrogen (secondary N) is 2. The normalized spacial score (nSPS) is 19.0. The summed E-state index contributed by atoms with van der Waals surface area (Å²) in [5.41, 5.74) is 10.4. The second-order valence-electron chi connectivity index (χ2n) is 5.81. The number of hydrogen-bond acceptors (Lipinski definition) is 6. The van der Waals surface area contributed by atoms with Crippen molar-refractivity contribution in [2.45, 2.75) is 44.3 Å². The molecule has 0 aliphatic carbocycles. The van der Waals surface area contributed by atoms with E-state index in [0.717, 1.165) is 0 Å². The summed E-state index contributed by atoms with van der Waals surface area (Å²) in [6.07, 6.45) is 0.640. The number of nitrogens with two attached hydrogens (primary N) is 2. The summed E-state index contributed by atoms with van der Waals surface area (Å²) in [5, 5.41) is 13.4. The molecule has 1 aliphatic heterocycles. The minimum atomic E-state index is -1.18. The van der Waals surface area contributed by atoms with E-state index >= 15 is 0 Å². The Bertz CT molecular complexity index is 566. The van der Waals surface area contributed by atoms with Crippen molar-refractivity contribution in [3.05, 3.63) is 0 Å². The van der Waals surface area contributed by atoms with Gasteiger partial charge in [0.15, 0.2) is 0 Å². The number of likely N-dealkylation sites (tertiary alicyclic amines) is 1. The van der Waals surface area contributed by atoms with Gasteiger partial charge in [-0.2, -0.15) is 0 Å². The van der Waals surface area contributed by atoms with Crippen LogP contribution in [0.5, 0.6) is 0 Å². The van der Waals surface area contributed by atoms with Crippen LogP contribution < -0.4 is 22.1 Å². The van der Waals surface area contributed by atoms with Gasteiger partial charge >= 0.3 is 5.97 Å². The molecule has 25 heavy (non-hydrogen) atoms. The van der Waals surface area contributed by atoms with Crippen molar-refractivity contribution >= 4 is 29.6 Å². The van der Waals surface area contributed by atoms with Gasteiger partial charge in [0, 0.05) is 6.54 Å². The van der Waals surface area contributed by atoms with Gasteiger partial charge in [0.2, 0.25) is 23.6 Å². The van der Waals surface area contributed by atoms with E-state index in [9.17, 15) is 24.0 Å². The fourth-order valence-electron chi connectivity index (χ4n) is 2.41. The van der Waals surface area contributed by atoms with Crippen molar-refractivity contribution in [3.63, 3.8) is 0 Å². The smallest absolute Gasteiger partial charge is 0.325 e. The minimum Gasteiger partial charge on any atom is -0.480 e. The predicted molar refractivity (Wildman–Crippen MR) is 84.8 cm³/mol. The molecule has 0 aromatic rings. The van der Waals surface area contributed by atoms with Gasteiger partial charge in [-0.1, -0.05) is 0 Å². The van der Waals surface area contributed by atoms with Gasteiger partial charge in [-0.05, 0) is 19.8 Å². The second-order valence-corrected chi connectivity index (χ2v) is 5.81. The number of hydrogen-bond donors (Lipinski definition) is 5. The summed E-state index contributed by atoms with van der Waals surface area (Å²) in [5.74, 6) is -3.68. The van der Waals surface area contributed by atoms with Gasteiger partial charge in [-0.25, -0.2) is 0 Å². The van der Waals surface area contributed by atoms with Crippen molar-refractivity contribution in [1.29, 1.82) is 0 Å². The zero-order valence-electron chi connectivity index (χ0n) is 13.9. The Morgan fingerprint density at radius 3 is 2.48 bits per heavy atom. The molecule has 3 unspecified atom stereocenters. The van der Waals surface area contributed by atoms with Gasteiger partial charge < -0.3 is 32.1 Å². The molecular weight excluding hydrogens is 334 g/mol.